The van der Waals surface area contributed by atoms with Crippen molar-refractivity contribution in [1.29, 1.82) is 0 Å². The van der Waals surface area contributed by atoms with Gasteiger partial charge in [0, 0.05) is 12.1 Å². The summed E-state index contributed by atoms with van der Waals surface area (Å²) in [6, 6.07) is 1.38. The third-order valence-electron chi connectivity index (χ3n) is 4.08. The second-order valence-electron chi connectivity index (χ2n) is 6.01. The molecule has 0 spiro atoms. The standard InChI is InChI=1S/C15H32N2/c1-5-6-15-8-11-17(12-9-15)14(4)7-10-16-13(2)3/h13-16H,5-12H2,1-4H3. The quantitative estimate of drug-likeness (QED) is 0.735. The Bertz CT molecular complexity index is 183. The van der Waals surface area contributed by atoms with Crippen LogP contribution in [0.3, 0.4) is 0 Å². The van der Waals surface area contributed by atoms with Gasteiger partial charge in [0.25, 0.3) is 0 Å². The Kier molecular flexibility index (Phi) is 7.14. The first-order valence-electron chi connectivity index (χ1n) is 7.61. The molecule has 0 saturated carbocycles. The van der Waals surface area contributed by atoms with E-state index in [0.717, 1.165) is 18.5 Å². The molecule has 1 aliphatic rings. The van der Waals surface area contributed by atoms with Gasteiger partial charge in [-0.3, -0.25) is 0 Å². The summed E-state index contributed by atoms with van der Waals surface area (Å²) in [7, 11) is 0. The van der Waals surface area contributed by atoms with Gasteiger partial charge in [0.05, 0.1) is 0 Å². The first-order chi connectivity index (χ1) is 8.13. The summed E-state index contributed by atoms with van der Waals surface area (Å²) in [6.45, 7) is 13.0. The summed E-state index contributed by atoms with van der Waals surface area (Å²) in [5.41, 5.74) is 0. The maximum absolute atomic E-state index is 3.52. The molecule has 1 unspecified atom stereocenters. The summed E-state index contributed by atoms with van der Waals surface area (Å²) in [6.07, 6.45) is 6.94. The van der Waals surface area contributed by atoms with E-state index < -0.39 is 0 Å². The smallest absolute Gasteiger partial charge is 0.00790 e. The molecule has 1 atom stereocenters. The van der Waals surface area contributed by atoms with Crippen LogP contribution >= 0.6 is 0 Å². The maximum Gasteiger partial charge on any atom is 0.00790 e. The topological polar surface area (TPSA) is 15.3 Å². The number of rotatable bonds is 7. The molecule has 1 fully saturated rings. The van der Waals surface area contributed by atoms with Crippen molar-refractivity contribution in [1.82, 2.24) is 10.2 Å². The number of nitrogens with one attached hydrogen (secondary N) is 1. The minimum atomic E-state index is 0.623. The van der Waals surface area contributed by atoms with Gasteiger partial charge in [0.15, 0.2) is 0 Å². The van der Waals surface area contributed by atoms with Crippen LogP contribution in [-0.2, 0) is 0 Å². The van der Waals surface area contributed by atoms with Crippen molar-refractivity contribution in [2.75, 3.05) is 19.6 Å². The van der Waals surface area contributed by atoms with Gasteiger partial charge in [-0.25, -0.2) is 0 Å². The van der Waals surface area contributed by atoms with Crippen LogP contribution in [-0.4, -0.2) is 36.6 Å². The number of hydrogen-bond donors (Lipinski definition) is 1. The van der Waals surface area contributed by atoms with Gasteiger partial charge in [-0.15, -0.1) is 0 Å². The molecule has 0 aromatic heterocycles. The Labute approximate surface area is 108 Å². The fraction of sp³-hybridized carbons (Fsp3) is 1.00. The third kappa shape index (κ3) is 5.87. The average molecular weight is 240 g/mol. The Morgan fingerprint density at radius 2 is 1.82 bits per heavy atom. The van der Waals surface area contributed by atoms with Gasteiger partial charge >= 0.3 is 0 Å². The second kappa shape index (κ2) is 8.10. The van der Waals surface area contributed by atoms with Crippen molar-refractivity contribution in [2.24, 2.45) is 5.92 Å². The third-order valence-corrected chi connectivity index (χ3v) is 4.08. The monoisotopic (exact) mass is 240 g/mol. The van der Waals surface area contributed by atoms with Crippen LogP contribution in [0.4, 0.5) is 0 Å². The number of piperidine rings is 1. The number of hydrogen-bond acceptors (Lipinski definition) is 2. The molecule has 1 heterocycles. The van der Waals surface area contributed by atoms with E-state index in [-0.39, 0.29) is 0 Å². The lowest BCUT2D eigenvalue weighted by Crippen LogP contribution is -2.41. The van der Waals surface area contributed by atoms with Crippen LogP contribution in [0.5, 0.6) is 0 Å². The minimum Gasteiger partial charge on any atom is -0.314 e. The summed E-state index contributed by atoms with van der Waals surface area (Å²) in [4.78, 5) is 2.69. The zero-order chi connectivity index (χ0) is 12.7. The predicted molar refractivity (Wildman–Crippen MR) is 76.4 cm³/mol. The van der Waals surface area contributed by atoms with Crippen LogP contribution in [0.1, 0.15) is 59.8 Å². The van der Waals surface area contributed by atoms with Crippen LogP contribution in [0.15, 0.2) is 0 Å². The van der Waals surface area contributed by atoms with Crippen molar-refractivity contribution in [3.05, 3.63) is 0 Å². The van der Waals surface area contributed by atoms with Crippen LogP contribution in [0.2, 0.25) is 0 Å². The molecule has 1 rings (SSSR count). The lowest BCUT2D eigenvalue weighted by molar-refractivity contribution is 0.131. The van der Waals surface area contributed by atoms with E-state index in [1.54, 1.807) is 0 Å². The summed E-state index contributed by atoms with van der Waals surface area (Å²) >= 11 is 0. The van der Waals surface area contributed by atoms with Gasteiger partial charge in [0.2, 0.25) is 0 Å². The fourth-order valence-corrected chi connectivity index (χ4v) is 2.85. The molecule has 2 nitrogen and oxygen atoms in total. The molecule has 0 aromatic rings. The number of likely N-dealkylation sites (tertiary alicyclic amines) is 1. The fourth-order valence-electron chi connectivity index (χ4n) is 2.85. The molecule has 102 valence electrons. The van der Waals surface area contributed by atoms with Gasteiger partial charge in [-0.1, -0.05) is 33.6 Å². The zero-order valence-electron chi connectivity index (χ0n) is 12.3. The molecule has 1 aliphatic heterocycles. The molecule has 1 N–H and O–H groups in total. The highest BCUT2D eigenvalue weighted by molar-refractivity contribution is 4.76. The summed E-state index contributed by atoms with van der Waals surface area (Å²) in [5, 5.41) is 3.52. The predicted octanol–water partition coefficient (Wildman–Crippen LogP) is 3.28. The van der Waals surface area contributed by atoms with Crippen molar-refractivity contribution in [3.8, 4) is 0 Å². The first kappa shape index (κ1) is 15.0. The molecule has 0 aliphatic carbocycles. The van der Waals surface area contributed by atoms with Crippen molar-refractivity contribution in [2.45, 2.75) is 71.9 Å². The van der Waals surface area contributed by atoms with Crippen molar-refractivity contribution in [3.63, 3.8) is 0 Å². The lowest BCUT2D eigenvalue weighted by atomic mass is 9.91. The Balaban J connectivity index is 2.14. The first-order valence-corrected chi connectivity index (χ1v) is 7.61. The van der Waals surface area contributed by atoms with E-state index >= 15 is 0 Å². The normalized spacial score (nSPS) is 21.0. The molecular formula is C15H32N2. The van der Waals surface area contributed by atoms with Crippen LogP contribution in [0, 0.1) is 5.92 Å². The molecule has 0 aromatic carbocycles. The molecule has 17 heavy (non-hydrogen) atoms. The highest BCUT2D eigenvalue weighted by Crippen LogP contribution is 2.23. The summed E-state index contributed by atoms with van der Waals surface area (Å²) in [5.74, 6) is 1.01. The molecule has 0 bridgehead atoms. The van der Waals surface area contributed by atoms with E-state index in [9.17, 15) is 0 Å². The highest BCUT2D eigenvalue weighted by Gasteiger charge is 2.21. The van der Waals surface area contributed by atoms with Gasteiger partial charge in [0.1, 0.15) is 0 Å². The maximum atomic E-state index is 3.52. The van der Waals surface area contributed by atoms with Gasteiger partial charge in [-0.2, -0.15) is 0 Å². The van der Waals surface area contributed by atoms with E-state index in [4.69, 9.17) is 0 Å². The van der Waals surface area contributed by atoms with E-state index in [0.29, 0.717) is 6.04 Å². The van der Waals surface area contributed by atoms with E-state index in [2.05, 4.69) is 37.9 Å². The SMILES string of the molecule is CCCC1CCN(C(C)CCNC(C)C)CC1. The average Bonchev–Trinajstić information content (AvgIpc) is 2.30. The van der Waals surface area contributed by atoms with Gasteiger partial charge in [-0.05, 0) is 51.7 Å². The largest absolute Gasteiger partial charge is 0.314 e. The summed E-state index contributed by atoms with van der Waals surface area (Å²) < 4.78 is 0. The van der Waals surface area contributed by atoms with Gasteiger partial charge < -0.3 is 10.2 Å². The highest BCUT2D eigenvalue weighted by atomic mass is 15.2. The molecule has 2 heteroatoms. The van der Waals surface area contributed by atoms with Crippen LogP contribution < -0.4 is 5.32 Å². The molecule has 0 radical (unpaired) electrons. The Morgan fingerprint density at radius 3 is 2.35 bits per heavy atom. The van der Waals surface area contributed by atoms with Crippen LogP contribution in [0.25, 0.3) is 0 Å². The minimum absolute atomic E-state index is 0.623. The number of nitrogens with zero attached hydrogens (tertiary/aromatic N) is 1. The molecular weight excluding hydrogens is 208 g/mol. The second-order valence-corrected chi connectivity index (χ2v) is 6.01. The molecule has 0 amide bonds. The molecule has 1 saturated heterocycles. The van der Waals surface area contributed by atoms with Crippen molar-refractivity contribution < 1.29 is 0 Å². The zero-order valence-corrected chi connectivity index (χ0v) is 12.3. The van der Waals surface area contributed by atoms with E-state index in [1.165, 1.54) is 45.2 Å². The lowest BCUT2D eigenvalue weighted by Gasteiger charge is -2.36. The Hall–Kier alpha value is -0.0800. The Morgan fingerprint density at radius 1 is 1.18 bits per heavy atom. The van der Waals surface area contributed by atoms with Crippen molar-refractivity contribution >= 4 is 0 Å². The van der Waals surface area contributed by atoms with E-state index in [1.807, 2.05) is 0 Å².